The molecule has 1 saturated heterocycles. The van der Waals surface area contributed by atoms with Gasteiger partial charge in [0.15, 0.2) is 0 Å². The summed E-state index contributed by atoms with van der Waals surface area (Å²) in [5.74, 6) is 0.00302. The van der Waals surface area contributed by atoms with Crippen LogP contribution in [-0.4, -0.2) is 38.4 Å². The van der Waals surface area contributed by atoms with Crippen molar-refractivity contribution in [2.45, 2.75) is 37.1 Å². The summed E-state index contributed by atoms with van der Waals surface area (Å²) in [6, 6.07) is 20.5. The Kier molecular flexibility index (Phi) is 5.88. The number of piperidine rings is 1. The van der Waals surface area contributed by atoms with Crippen molar-refractivity contribution >= 4 is 26.7 Å². The lowest BCUT2D eigenvalue weighted by Crippen LogP contribution is -2.46. The van der Waals surface area contributed by atoms with E-state index in [1.165, 1.54) is 0 Å². The highest BCUT2D eigenvalue weighted by Crippen LogP contribution is 2.22. The summed E-state index contributed by atoms with van der Waals surface area (Å²) < 4.78 is 28.2. The average molecular weight is 423 g/mol. The first-order valence-electron chi connectivity index (χ1n) is 10.4. The van der Waals surface area contributed by atoms with Crippen LogP contribution in [0.5, 0.6) is 0 Å². The second-order valence-electron chi connectivity index (χ2n) is 7.71. The van der Waals surface area contributed by atoms with Gasteiger partial charge in [-0.15, -0.1) is 0 Å². The fourth-order valence-corrected chi connectivity index (χ4v) is 5.28. The minimum Gasteiger partial charge on any atom is -0.339 e. The molecule has 1 heterocycles. The lowest BCUT2D eigenvalue weighted by atomic mass is 10.0. The van der Waals surface area contributed by atoms with Crippen LogP contribution in [0.4, 0.5) is 0 Å². The van der Waals surface area contributed by atoms with Gasteiger partial charge in [0, 0.05) is 24.7 Å². The molecule has 1 aliphatic heterocycles. The average Bonchev–Trinajstić information content (AvgIpc) is 2.78. The number of nitrogens with zero attached hydrogens (tertiary/aromatic N) is 1. The summed E-state index contributed by atoms with van der Waals surface area (Å²) in [5.41, 5.74) is 1.80. The van der Waals surface area contributed by atoms with Crippen LogP contribution in [0, 0.1) is 0 Å². The minimum absolute atomic E-state index is 0.00302. The highest BCUT2D eigenvalue weighted by atomic mass is 32.2. The third-order valence-electron chi connectivity index (χ3n) is 5.77. The number of carbonyl (C=O) groups excluding carboxylic acids is 1. The van der Waals surface area contributed by atoms with Gasteiger partial charge in [-0.05, 0) is 53.8 Å². The predicted molar refractivity (Wildman–Crippen MR) is 119 cm³/mol. The number of hydrogen-bond acceptors (Lipinski definition) is 3. The van der Waals surface area contributed by atoms with Crippen LogP contribution >= 0.6 is 0 Å². The van der Waals surface area contributed by atoms with Crippen LogP contribution in [0.1, 0.15) is 35.7 Å². The molecule has 0 atom stereocenters. The van der Waals surface area contributed by atoms with E-state index in [0.29, 0.717) is 31.5 Å². The standard InChI is InChI=1S/C24H26N2O3S/c1-2-18-10-12-21(13-11-18)30(28,29)25-20-14-16-26(17-15-20)24(27)23-9-5-7-19-6-3-4-8-22(19)23/h3-13,20,25H,2,14-17H2,1H3. The number of carbonyl (C=O) groups is 1. The maximum atomic E-state index is 13.1. The summed E-state index contributed by atoms with van der Waals surface area (Å²) >= 11 is 0. The minimum atomic E-state index is -3.56. The molecule has 0 bridgehead atoms. The van der Waals surface area contributed by atoms with Crippen molar-refractivity contribution in [1.82, 2.24) is 9.62 Å². The quantitative estimate of drug-likeness (QED) is 0.676. The molecule has 0 radical (unpaired) electrons. The van der Waals surface area contributed by atoms with Crippen LogP contribution in [0.2, 0.25) is 0 Å². The van der Waals surface area contributed by atoms with Crippen LogP contribution in [-0.2, 0) is 16.4 Å². The Labute approximate surface area is 177 Å². The van der Waals surface area contributed by atoms with Crippen molar-refractivity contribution < 1.29 is 13.2 Å². The summed E-state index contributed by atoms with van der Waals surface area (Å²) in [6.07, 6.45) is 2.07. The molecule has 0 saturated carbocycles. The molecule has 3 aromatic carbocycles. The number of benzene rings is 3. The molecule has 0 aliphatic carbocycles. The van der Waals surface area contributed by atoms with E-state index in [2.05, 4.69) is 4.72 Å². The molecular formula is C24H26N2O3S. The Morgan fingerprint density at radius 1 is 0.967 bits per heavy atom. The highest BCUT2D eigenvalue weighted by molar-refractivity contribution is 7.89. The first-order chi connectivity index (χ1) is 14.5. The molecule has 6 heteroatoms. The third-order valence-corrected chi connectivity index (χ3v) is 7.30. The summed E-state index contributed by atoms with van der Waals surface area (Å²) in [7, 11) is -3.56. The van der Waals surface area contributed by atoms with Crippen molar-refractivity contribution in [3.63, 3.8) is 0 Å². The van der Waals surface area contributed by atoms with Crippen LogP contribution in [0.15, 0.2) is 71.6 Å². The van der Waals surface area contributed by atoms with E-state index in [1.54, 1.807) is 12.1 Å². The number of amides is 1. The van der Waals surface area contributed by atoms with Gasteiger partial charge >= 0.3 is 0 Å². The van der Waals surface area contributed by atoms with Gasteiger partial charge in [-0.1, -0.05) is 55.5 Å². The molecule has 30 heavy (non-hydrogen) atoms. The summed E-state index contributed by atoms with van der Waals surface area (Å²) in [4.78, 5) is 15.2. The maximum Gasteiger partial charge on any atom is 0.254 e. The topological polar surface area (TPSA) is 66.5 Å². The first kappa shape index (κ1) is 20.6. The second-order valence-corrected chi connectivity index (χ2v) is 9.43. The molecule has 0 aromatic heterocycles. The number of fused-ring (bicyclic) bond motifs is 1. The van der Waals surface area contributed by atoms with E-state index < -0.39 is 10.0 Å². The maximum absolute atomic E-state index is 13.1. The largest absolute Gasteiger partial charge is 0.339 e. The van der Waals surface area contributed by atoms with Gasteiger partial charge in [-0.2, -0.15) is 0 Å². The van der Waals surface area contributed by atoms with Gasteiger partial charge in [0.25, 0.3) is 5.91 Å². The molecule has 1 N–H and O–H groups in total. The van der Waals surface area contributed by atoms with E-state index in [0.717, 1.165) is 22.8 Å². The van der Waals surface area contributed by atoms with E-state index in [-0.39, 0.29) is 16.8 Å². The highest BCUT2D eigenvalue weighted by Gasteiger charge is 2.27. The Bertz CT molecular complexity index is 1140. The SMILES string of the molecule is CCc1ccc(S(=O)(=O)NC2CCN(C(=O)c3cccc4ccccc34)CC2)cc1. The fourth-order valence-electron chi connectivity index (χ4n) is 3.97. The van der Waals surface area contributed by atoms with E-state index in [4.69, 9.17) is 0 Å². The molecule has 5 nitrogen and oxygen atoms in total. The Morgan fingerprint density at radius 2 is 1.63 bits per heavy atom. The molecule has 4 rings (SSSR count). The molecule has 156 valence electrons. The van der Waals surface area contributed by atoms with E-state index in [1.807, 2.05) is 66.4 Å². The lowest BCUT2D eigenvalue weighted by Gasteiger charge is -2.32. The number of hydrogen-bond donors (Lipinski definition) is 1. The number of nitrogens with one attached hydrogen (secondary N) is 1. The van der Waals surface area contributed by atoms with Gasteiger partial charge in [-0.25, -0.2) is 13.1 Å². The van der Waals surface area contributed by atoms with Crippen LogP contribution in [0.25, 0.3) is 10.8 Å². The van der Waals surface area contributed by atoms with Gasteiger partial charge in [0.05, 0.1) is 4.90 Å². The fraction of sp³-hybridized carbons (Fsp3) is 0.292. The molecule has 0 spiro atoms. The van der Waals surface area contributed by atoms with Gasteiger partial charge in [0.1, 0.15) is 0 Å². The van der Waals surface area contributed by atoms with Gasteiger partial charge in [0.2, 0.25) is 10.0 Å². The molecule has 1 fully saturated rings. The van der Waals surface area contributed by atoms with Crippen molar-refractivity contribution in [2.75, 3.05) is 13.1 Å². The lowest BCUT2D eigenvalue weighted by molar-refractivity contribution is 0.0713. The van der Waals surface area contributed by atoms with Crippen molar-refractivity contribution in [3.8, 4) is 0 Å². The second kappa shape index (κ2) is 8.58. The van der Waals surface area contributed by atoms with Crippen LogP contribution in [0.3, 0.4) is 0 Å². The zero-order valence-corrected chi connectivity index (χ0v) is 17.9. The zero-order chi connectivity index (χ0) is 21.1. The number of aryl methyl sites for hydroxylation is 1. The van der Waals surface area contributed by atoms with Crippen molar-refractivity contribution in [2.24, 2.45) is 0 Å². The first-order valence-corrected chi connectivity index (χ1v) is 11.8. The summed E-state index contributed by atoms with van der Waals surface area (Å²) in [6.45, 7) is 3.10. The number of likely N-dealkylation sites (tertiary alicyclic amines) is 1. The third kappa shape index (κ3) is 4.25. The molecule has 1 amide bonds. The molecule has 3 aromatic rings. The van der Waals surface area contributed by atoms with Crippen LogP contribution < -0.4 is 4.72 Å². The van der Waals surface area contributed by atoms with Gasteiger partial charge < -0.3 is 4.90 Å². The van der Waals surface area contributed by atoms with Gasteiger partial charge in [-0.3, -0.25) is 4.79 Å². The Morgan fingerprint density at radius 3 is 2.33 bits per heavy atom. The normalized spacial score (nSPS) is 15.4. The van der Waals surface area contributed by atoms with E-state index in [9.17, 15) is 13.2 Å². The van der Waals surface area contributed by atoms with Crippen molar-refractivity contribution in [1.29, 1.82) is 0 Å². The monoisotopic (exact) mass is 422 g/mol. The number of sulfonamides is 1. The van der Waals surface area contributed by atoms with E-state index >= 15 is 0 Å². The summed E-state index contributed by atoms with van der Waals surface area (Å²) in [5, 5.41) is 1.99. The molecule has 0 unspecified atom stereocenters. The Balaban J connectivity index is 1.41. The Hall–Kier alpha value is -2.70. The predicted octanol–water partition coefficient (Wildman–Crippen LogP) is 3.99. The smallest absolute Gasteiger partial charge is 0.254 e. The van der Waals surface area contributed by atoms with Crippen molar-refractivity contribution in [3.05, 3.63) is 77.9 Å². The molecule has 1 aliphatic rings. The number of rotatable bonds is 5. The zero-order valence-electron chi connectivity index (χ0n) is 17.0. The molecular weight excluding hydrogens is 396 g/mol.